The summed E-state index contributed by atoms with van der Waals surface area (Å²) in [4.78, 5) is 22.8. The van der Waals surface area contributed by atoms with E-state index in [4.69, 9.17) is 34.8 Å². The van der Waals surface area contributed by atoms with Crippen LogP contribution >= 0.6 is 34.8 Å². The fourth-order valence-electron chi connectivity index (χ4n) is 1.26. The Kier molecular flexibility index (Phi) is 7.51. The summed E-state index contributed by atoms with van der Waals surface area (Å²) >= 11 is 16.9. The van der Waals surface area contributed by atoms with Crippen LogP contribution in [0.5, 0.6) is 0 Å². The van der Waals surface area contributed by atoms with Crippen LogP contribution in [0.3, 0.4) is 0 Å². The Bertz CT molecular complexity index is 483. The van der Waals surface area contributed by atoms with Crippen molar-refractivity contribution in [2.75, 3.05) is 25.6 Å². The lowest BCUT2D eigenvalue weighted by Gasteiger charge is -2.08. The van der Waals surface area contributed by atoms with Gasteiger partial charge in [0, 0.05) is 18.7 Å². The molecule has 8 heteroatoms. The van der Waals surface area contributed by atoms with Crippen molar-refractivity contribution in [1.82, 2.24) is 10.6 Å². The van der Waals surface area contributed by atoms with Crippen molar-refractivity contribution in [2.24, 2.45) is 0 Å². The van der Waals surface area contributed by atoms with Crippen LogP contribution in [-0.2, 0) is 4.74 Å². The molecule has 0 bridgehead atoms. The number of nitrogens with one attached hydrogen (secondary N) is 2. The van der Waals surface area contributed by atoms with E-state index in [-0.39, 0.29) is 31.5 Å². The third kappa shape index (κ3) is 5.86. The molecule has 0 aliphatic heterocycles. The summed E-state index contributed by atoms with van der Waals surface area (Å²) in [6.07, 6.45) is -0.575. The monoisotopic (exact) mass is 338 g/mol. The van der Waals surface area contributed by atoms with Gasteiger partial charge in [-0.15, -0.1) is 11.6 Å². The Morgan fingerprint density at radius 3 is 2.45 bits per heavy atom. The number of hydrogen-bond donors (Lipinski definition) is 2. The number of amides is 2. The maximum atomic E-state index is 11.8. The first-order valence-corrected chi connectivity index (χ1v) is 7.03. The van der Waals surface area contributed by atoms with Gasteiger partial charge in [0.05, 0.1) is 15.9 Å². The number of halogens is 3. The molecule has 0 aliphatic carbocycles. The fourth-order valence-corrected chi connectivity index (χ4v) is 1.64. The second kappa shape index (κ2) is 8.89. The second-order valence-electron chi connectivity index (χ2n) is 3.64. The quantitative estimate of drug-likeness (QED) is 0.618. The highest BCUT2D eigenvalue weighted by Crippen LogP contribution is 2.22. The third-order valence-corrected chi connectivity index (χ3v) is 3.07. The molecule has 1 aromatic carbocycles. The minimum atomic E-state index is -0.575. The minimum Gasteiger partial charge on any atom is -0.448 e. The topological polar surface area (TPSA) is 67.4 Å². The summed E-state index contributed by atoms with van der Waals surface area (Å²) in [6, 6.07) is 4.58. The first-order chi connectivity index (χ1) is 9.54. The Morgan fingerprint density at radius 1 is 1.10 bits per heavy atom. The van der Waals surface area contributed by atoms with Gasteiger partial charge >= 0.3 is 6.09 Å². The normalized spacial score (nSPS) is 9.95. The zero-order valence-electron chi connectivity index (χ0n) is 10.4. The van der Waals surface area contributed by atoms with Crippen molar-refractivity contribution in [3.05, 3.63) is 33.8 Å². The molecule has 2 amide bonds. The van der Waals surface area contributed by atoms with Crippen LogP contribution in [0.15, 0.2) is 18.2 Å². The third-order valence-electron chi connectivity index (χ3n) is 2.17. The number of alkyl carbamates (subject to hydrolysis) is 1. The van der Waals surface area contributed by atoms with E-state index in [1.54, 1.807) is 12.1 Å². The van der Waals surface area contributed by atoms with E-state index in [9.17, 15) is 9.59 Å². The summed E-state index contributed by atoms with van der Waals surface area (Å²) in [6.45, 7) is 0.645. The van der Waals surface area contributed by atoms with Crippen LogP contribution < -0.4 is 10.6 Å². The van der Waals surface area contributed by atoms with E-state index in [1.807, 2.05) is 0 Å². The van der Waals surface area contributed by atoms with E-state index >= 15 is 0 Å². The SMILES string of the molecule is O=C(NCCNC(=O)c1ccc(Cl)c(Cl)c1)OCCCl. The van der Waals surface area contributed by atoms with Crippen molar-refractivity contribution >= 4 is 46.8 Å². The van der Waals surface area contributed by atoms with Gasteiger partial charge in [0.15, 0.2) is 0 Å². The minimum absolute atomic E-state index is 0.142. The van der Waals surface area contributed by atoms with Gasteiger partial charge in [0.25, 0.3) is 5.91 Å². The van der Waals surface area contributed by atoms with Crippen molar-refractivity contribution in [1.29, 1.82) is 0 Å². The van der Waals surface area contributed by atoms with Gasteiger partial charge in [-0.1, -0.05) is 23.2 Å². The summed E-state index contributed by atoms with van der Waals surface area (Å²) < 4.78 is 4.68. The lowest BCUT2D eigenvalue weighted by atomic mass is 10.2. The smallest absolute Gasteiger partial charge is 0.407 e. The molecule has 0 radical (unpaired) electrons. The lowest BCUT2D eigenvalue weighted by molar-refractivity contribution is 0.0952. The largest absolute Gasteiger partial charge is 0.448 e. The van der Waals surface area contributed by atoms with Crippen LogP contribution in [0.1, 0.15) is 10.4 Å². The first-order valence-electron chi connectivity index (χ1n) is 5.74. The molecule has 0 atom stereocenters. The molecule has 0 aromatic heterocycles. The van der Waals surface area contributed by atoms with Crippen LogP contribution in [0.25, 0.3) is 0 Å². The summed E-state index contributed by atoms with van der Waals surface area (Å²) in [5.41, 5.74) is 0.393. The number of hydrogen-bond acceptors (Lipinski definition) is 3. The van der Waals surface area contributed by atoms with Gasteiger partial charge in [-0.05, 0) is 18.2 Å². The number of alkyl halides is 1. The maximum absolute atomic E-state index is 11.8. The van der Waals surface area contributed by atoms with Crippen molar-refractivity contribution < 1.29 is 14.3 Å². The predicted octanol–water partition coefficient (Wildman–Crippen LogP) is 2.69. The van der Waals surface area contributed by atoms with Crippen molar-refractivity contribution in [3.8, 4) is 0 Å². The number of carbonyl (C=O) groups excluding carboxylic acids is 2. The summed E-state index contributed by atoms with van der Waals surface area (Å²) in [5.74, 6) is -0.0684. The molecule has 1 rings (SSSR count). The molecular weight excluding hydrogens is 327 g/mol. The van der Waals surface area contributed by atoms with Crippen molar-refractivity contribution in [2.45, 2.75) is 0 Å². The van der Waals surface area contributed by atoms with E-state index in [2.05, 4.69) is 15.4 Å². The molecular formula is C12H13Cl3N2O3. The zero-order valence-corrected chi connectivity index (χ0v) is 12.7. The Balaban J connectivity index is 2.29. The second-order valence-corrected chi connectivity index (χ2v) is 4.83. The molecule has 20 heavy (non-hydrogen) atoms. The molecule has 0 spiro atoms. The average molecular weight is 340 g/mol. The van der Waals surface area contributed by atoms with E-state index < -0.39 is 6.09 Å². The van der Waals surface area contributed by atoms with Gasteiger partial charge in [0.2, 0.25) is 0 Å². The lowest BCUT2D eigenvalue weighted by Crippen LogP contribution is -2.35. The highest BCUT2D eigenvalue weighted by atomic mass is 35.5. The van der Waals surface area contributed by atoms with Crippen LogP contribution in [0, 0.1) is 0 Å². The average Bonchev–Trinajstić information content (AvgIpc) is 2.44. The van der Waals surface area contributed by atoms with Crippen LogP contribution in [-0.4, -0.2) is 37.6 Å². The van der Waals surface area contributed by atoms with Gasteiger partial charge in [-0.2, -0.15) is 0 Å². The maximum Gasteiger partial charge on any atom is 0.407 e. The molecule has 0 heterocycles. The number of benzene rings is 1. The Labute approximate surface area is 131 Å². The number of ether oxygens (including phenoxy) is 1. The molecule has 1 aromatic rings. The van der Waals surface area contributed by atoms with E-state index in [0.29, 0.717) is 15.6 Å². The van der Waals surface area contributed by atoms with Crippen LogP contribution in [0.4, 0.5) is 4.79 Å². The van der Waals surface area contributed by atoms with Gasteiger partial charge < -0.3 is 15.4 Å². The van der Waals surface area contributed by atoms with E-state index in [0.717, 1.165) is 0 Å². The summed E-state index contributed by atoms with van der Waals surface area (Å²) in [5, 5.41) is 5.77. The fraction of sp³-hybridized carbons (Fsp3) is 0.333. The zero-order chi connectivity index (χ0) is 15.0. The van der Waals surface area contributed by atoms with Crippen molar-refractivity contribution in [3.63, 3.8) is 0 Å². The standard InChI is InChI=1S/C12H13Cl3N2O3/c13-3-6-20-12(19)17-5-4-16-11(18)8-1-2-9(14)10(15)7-8/h1-2,7H,3-6H2,(H,16,18)(H,17,19). The molecule has 110 valence electrons. The van der Waals surface area contributed by atoms with Gasteiger partial charge in [0.1, 0.15) is 6.61 Å². The highest BCUT2D eigenvalue weighted by molar-refractivity contribution is 6.42. The highest BCUT2D eigenvalue weighted by Gasteiger charge is 2.07. The molecule has 0 saturated carbocycles. The first kappa shape index (κ1) is 16.9. The molecule has 0 saturated heterocycles. The van der Waals surface area contributed by atoms with Gasteiger partial charge in [-0.25, -0.2) is 4.79 Å². The molecule has 0 unspecified atom stereocenters. The van der Waals surface area contributed by atoms with E-state index in [1.165, 1.54) is 6.07 Å². The predicted molar refractivity (Wildman–Crippen MR) is 78.9 cm³/mol. The summed E-state index contributed by atoms with van der Waals surface area (Å²) in [7, 11) is 0. The van der Waals surface area contributed by atoms with Gasteiger partial charge in [-0.3, -0.25) is 4.79 Å². The molecule has 2 N–H and O–H groups in total. The Morgan fingerprint density at radius 2 is 1.80 bits per heavy atom. The number of carbonyl (C=O) groups is 2. The molecule has 0 aliphatic rings. The number of rotatable bonds is 6. The van der Waals surface area contributed by atoms with Crippen LogP contribution in [0.2, 0.25) is 10.0 Å². The molecule has 5 nitrogen and oxygen atoms in total. The Hall–Kier alpha value is -1.17. The molecule has 0 fully saturated rings.